The van der Waals surface area contributed by atoms with Crippen molar-refractivity contribution in [2.24, 2.45) is 0 Å². The molecule has 0 fully saturated rings. The van der Waals surface area contributed by atoms with Crippen LogP contribution < -0.4 is 10.1 Å². The third-order valence-corrected chi connectivity index (χ3v) is 3.83. The average Bonchev–Trinajstić information content (AvgIpc) is 2.53. The first-order chi connectivity index (χ1) is 10.6. The standard InChI is InChI=1S/C18H20ClNO2/c1-12(2)20-11-17-21-16-9-8-14(19)10-15(16)18(22-17)13-6-4-3-5-7-13/h3-10,12,17-18,20H,11H2,1-2H3. The van der Waals surface area contributed by atoms with Crippen LogP contribution in [-0.2, 0) is 4.74 Å². The zero-order valence-corrected chi connectivity index (χ0v) is 13.5. The van der Waals surface area contributed by atoms with Gasteiger partial charge in [0.15, 0.2) is 0 Å². The van der Waals surface area contributed by atoms with Crippen molar-refractivity contribution in [3.8, 4) is 5.75 Å². The number of rotatable bonds is 4. The summed E-state index contributed by atoms with van der Waals surface area (Å²) >= 11 is 6.15. The van der Waals surface area contributed by atoms with Crippen LogP contribution in [0.4, 0.5) is 0 Å². The molecule has 0 spiro atoms. The molecule has 1 aliphatic heterocycles. The van der Waals surface area contributed by atoms with Crippen LogP contribution >= 0.6 is 11.6 Å². The first-order valence-electron chi connectivity index (χ1n) is 7.53. The van der Waals surface area contributed by atoms with Crippen molar-refractivity contribution in [1.82, 2.24) is 5.32 Å². The van der Waals surface area contributed by atoms with E-state index >= 15 is 0 Å². The molecule has 116 valence electrons. The predicted molar refractivity (Wildman–Crippen MR) is 88.4 cm³/mol. The van der Waals surface area contributed by atoms with Gasteiger partial charge in [0.05, 0.1) is 6.54 Å². The third-order valence-electron chi connectivity index (χ3n) is 3.60. The maximum Gasteiger partial charge on any atom is 0.213 e. The molecule has 1 aliphatic rings. The zero-order valence-electron chi connectivity index (χ0n) is 12.8. The SMILES string of the molecule is CC(C)NCC1Oc2ccc(Cl)cc2C(c2ccccc2)O1. The highest BCUT2D eigenvalue weighted by atomic mass is 35.5. The summed E-state index contributed by atoms with van der Waals surface area (Å²) in [6, 6.07) is 16.2. The lowest BCUT2D eigenvalue weighted by molar-refractivity contribution is -0.125. The molecule has 1 heterocycles. The molecule has 0 bridgehead atoms. The highest BCUT2D eigenvalue weighted by Crippen LogP contribution is 2.39. The van der Waals surface area contributed by atoms with E-state index < -0.39 is 0 Å². The van der Waals surface area contributed by atoms with E-state index in [0.717, 1.165) is 16.9 Å². The topological polar surface area (TPSA) is 30.5 Å². The van der Waals surface area contributed by atoms with Crippen molar-refractivity contribution < 1.29 is 9.47 Å². The van der Waals surface area contributed by atoms with Gasteiger partial charge in [-0.3, -0.25) is 0 Å². The fourth-order valence-electron chi connectivity index (χ4n) is 2.53. The van der Waals surface area contributed by atoms with Gasteiger partial charge in [0.25, 0.3) is 0 Å². The Morgan fingerprint density at radius 2 is 1.91 bits per heavy atom. The van der Waals surface area contributed by atoms with Gasteiger partial charge in [-0.2, -0.15) is 0 Å². The number of benzene rings is 2. The Hall–Kier alpha value is -1.55. The largest absolute Gasteiger partial charge is 0.463 e. The van der Waals surface area contributed by atoms with Gasteiger partial charge in [-0.15, -0.1) is 0 Å². The normalized spacial score (nSPS) is 20.5. The van der Waals surface area contributed by atoms with Gasteiger partial charge >= 0.3 is 0 Å². The molecule has 2 aromatic rings. The lowest BCUT2D eigenvalue weighted by Crippen LogP contribution is -2.40. The minimum absolute atomic E-state index is 0.164. The van der Waals surface area contributed by atoms with Gasteiger partial charge in [-0.05, 0) is 23.8 Å². The van der Waals surface area contributed by atoms with Gasteiger partial charge < -0.3 is 14.8 Å². The molecule has 4 heteroatoms. The van der Waals surface area contributed by atoms with Crippen molar-refractivity contribution in [2.45, 2.75) is 32.3 Å². The van der Waals surface area contributed by atoms with E-state index in [-0.39, 0.29) is 12.4 Å². The van der Waals surface area contributed by atoms with E-state index in [9.17, 15) is 0 Å². The molecule has 2 aromatic carbocycles. The van der Waals surface area contributed by atoms with Crippen molar-refractivity contribution in [3.63, 3.8) is 0 Å². The van der Waals surface area contributed by atoms with Crippen LogP contribution in [0.2, 0.25) is 5.02 Å². The average molecular weight is 318 g/mol. The molecule has 0 radical (unpaired) electrons. The molecule has 3 rings (SSSR count). The highest BCUT2D eigenvalue weighted by molar-refractivity contribution is 6.30. The zero-order chi connectivity index (χ0) is 15.5. The summed E-state index contributed by atoms with van der Waals surface area (Å²) in [7, 11) is 0. The van der Waals surface area contributed by atoms with Gasteiger partial charge in [0.2, 0.25) is 6.29 Å². The van der Waals surface area contributed by atoms with E-state index in [2.05, 4.69) is 31.3 Å². The van der Waals surface area contributed by atoms with Crippen LogP contribution in [0.15, 0.2) is 48.5 Å². The number of ether oxygens (including phenoxy) is 2. The smallest absolute Gasteiger partial charge is 0.213 e. The van der Waals surface area contributed by atoms with Crippen molar-refractivity contribution >= 4 is 11.6 Å². The molecule has 0 amide bonds. The fraction of sp³-hybridized carbons (Fsp3) is 0.333. The van der Waals surface area contributed by atoms with Crippen LogP contribution in [0.5, 0.6) is 5.75 Å². The van der Waals surface area contributed by atoms with E-state index in [1.54, 1.807) is 0 Å². The quantitative estimate of drug-likeness (QED) is 0.918. The molecule has 0 saturated carbocycles. The molecule has 2 atom stereocenters. The van der Waals surface area contributed by atoms with Gasteiger partial charge in [0, 0.05) is 16.6 Å². The maximum atomic E-state index is 6.16. The summed E-state index contributed by atoms with van der Waals surface area (Å²) in [6.45, 7) is 4.85. The summed E-state index contributed by atoms with van der Waals surface area (Å²) in [6.07, 6.45) is -0.483. The maximum absolute atomic E-state index is 6.16. The summed E-state index contributed by atoms with van der Waals surface area (Å²) in [5.41, 5.74) is 2.07. The summed E-state index contributed by atoms with van der Waals surface area (Å²) in [5, 5.41) is 4.04. The molecule has 22 heavy (non-hydrogen) atoms. The Labute approximate surface area is 136 Å². The first kappa shape index (κ1) is 15.3. The molecular formula is C18H20ClNO2. The van der Waals surface area contributed by atoms with Crippen molar-refractivity contribution in [3.05, 3.63) is 64.7 Å². The molecule has 0 saturated heterocycles. The monoisotopic (exact) mass is 317 g/mol. The second kappa shape index (κ2) is 6.69. The van der Waals surface area contributed by atoms with Crippen LogP contribution in [-0.4, -0.2) is 18.9 Å². The van der Waals surface area contributed by atoms with Crippen molar-refractivity contribution in [1.29, 1.82) is 0 Å². The molecular weight excluding hydrogens is 298 g/mol. The Kier molecular flexibility index (Phi) is 4.67. The summed E-state index contributed by atoms with van der Waals surface area (Å²) < 4.78 is 12.1. The molecule has 1 N–H and O–H groups in total. The van der Waals surface area contributed by atoms with E-state index in [4.69, 9.17) is 21.1 Å². The minimum Gasteiger partial charge on any atom is -0.463 e. The van der Waals surface area contributed by atoms with Crippen LogP contribution in [0.1, 0.15) is 31.1 Å². The molecule has 0 aliphatic carbocycles. The Morgan fingerprint density at radius 1 is 1.14 bits per heavy atom. The predicted octanol–water partition coefficient (Wildman–Crippen LogP) is 4.16. The highest BCUT2D eigenvalue weighted by Gasteiger charge is 2.30. The van der Waals surface area contributed by atoms with Crippen molar-refractivity contribution in [2.75, 3.05) is 6.54 Å². The number of hydrogen-bond donors (Lipinski definition) is 1. The van der Waals surface area contributed by atoms with Gasteiger partial charge in [0.1, 0.15) is 11.9 Å². The van der Waals surface area contributed by atoms with E-state index in [1.165, 1.54) is 0 Å². The molecule has 0 aromatic heterocycles. The van der Waals surface area contributed by atoms with Crippen LogP contribution in [0.3, 0.4) is 0 Å². The van der Waals surface area contributed by atoms with Gasteiger partial charge in [-0.1, -0.05) is 55.8 Å². The Morgan fingerprint density at radius 3 is 2.64 bits per heavy atom. The minimum atomic E-state index is -0.318. The van der Waals surface area contributed by atoms with Crippen LogP contribution in [0.25, 0.3) is 0 Å². The fourth-order valence-corrected chi connectivity index (χ4v) is 2.71. The first-order valence-corrected chi connectivity index (χ1v) is 7.91. The third kappa shape index (κ3) is 3.43. The van der Waals surface area contributed by atoms with Gasteiger partial charge in [-0.25, -0.2) is 0 Å². The second-order valence-electron chi connectivity index (χ2n) is 5.72. The molecule has 3 nitrogen and oxygen atoms in total. The Bertz CT molecular complexity index is 630. The summed E-state index contributed by atoms with van der Waals surface area (Å²) in [5.74, 6) is 0.833. The number of fused-ring (bicyclic) bond motifs is 1. The number of halogens is 1. The molecule has 2 unspecified atom stereocenters. The van der Waals surface area contributed by atoms with Crippen LogP contribution in [0, 0.1) is 0 Å². The Balaban J connectivity index is 1.91. The second-order valence-corrected chi connectivity index (χ2v) is 6.16. The lowest BCUT2D eigenvalue weighted by Gasteiger charge is -2.33. The van der Waals surface area contributed by atoms with E-state index in [0.29, 0.717) is 17.6 Å². The number of nitrogens with one attached hydrogen (secondary N) is 1. The summed E-state index contributed by atoms with van der Waals surface area (Å²) in [4.78, 5) is 0. The number of hydrogen-bond acceptors (Lipinski definition) is 3. The van der Waals surface area contributed by atoms with E-state index in [1.807, 2.05) is 36.4 Å². The lowest BCUT2D eigenvalue weighted by atomic mass is 9.99.